The molecule has 0 amide bonds. The van der Waals surface area contributed by atoms with E-state index in [1.54, 1.807) is 12.1 Å². The molecule has 1 N–H and O–H groups in total. The van der Waals surface area contributed by atoms with Gasteiger partial charge in [0.1, 0.15) is 5.82 Å². The highest BCUT2D eigenvalue weighted by molar-refractivity contribution is 7.80. The quantitative estimate of drug-likeness (QED) is 0.327. The number of hydrogen-bond donors (Lipinski definition) is 1. The zero-order valence-corrected chi connectivity index (χ0v) is 19.9. The number of hydrogen-bond acceptors (Lipinski definition) is 5. The molecule has 172 valence electrons. The van der Waals surface area contributed by atoms with Crippen molar-refractivity contribution in [3.8, 4) is 11.4 Å². The summed E-state index contributed by atoms with van der Waals surface area (Å²) in [7, 11) is 0. The molecule has 0 bridgehead atoms. The predicted octanol–water partition coefficient (Wildman–Crippen LogP) is 5.62. The van der Waals surface area contributed by atoms with Crippen LogP contribution in [0.3, 0.4) is 0 Å². The van der Waals surface area contributed by atoms with Gasteiger partial charge in [0.05, 0.1) is 11.6 Å². The van der Waals surface area contributed by atoms with Gasteiger partial charge in [-0.15, -0.1) is 0 Å². The summed E-state index contributed by atoms with van der Waals surface area (Å²) in [5, 5.41) is 8.77. The van der Waals surface area contributed by atoms with Crippen molar-refractivity contribution in [1.29, 1.82) is 0 Å². The SMILES string of the molecule is CCOCCCN1C(=S)NC(c2cccc(Cl)c2)C(c2nc(-c3ccc(F)cc3)no2)=C1C. The van der Waals surface area contributed by atoms with E-state index in [-0.39, 0.29) is 11.9 Å². The van der Waals surface area contributed by atoms with Gasteiger partial charge in [-0.05, 0) is 74.4 Å². The molecular weight excluding hydrogens is 463 g/mol. The third-order valence-electron chi connectivity index (χ3n) is 5.41. The van der Waals surface area contributed by atoms with E-state index >= 15 is 0 Å². The van der Waals surface area contributed by atoms with Crippen LogP contribution in [0.15, 0.2) is 58.8 Å². The number of thiocarbonyl (C=S) groups is 1. The first-order valence-corrected chi connectivity index (χ1v) is 11.5. The van der Waals surface area contributed by atoms with Crippen LogP contribution >= 0.6 is 23.8 Å². The molecule has 1 aromatic heterocycles. The molecule has 0 saturated carbocycles. The predicted molar refractivity (Wildman–Crippen MR) is 130 cm³/mol. The normalized spacial score (nSPS) is 16.3. The highest BCUT2D eigenvalue weighted by Crippen LogP contribution is 2.38. The summed E-state index contributed by atoms with van der Waals surface area (Å²) >= 11 is 12.0. The fourth-order valence-corrected chi connectivity index (χ4v) is 4.33. The molecule has 4 rings (SSSR count). The van der Waals surface area contributed by atoms with Crippen LogP contribution in [0, 0.1) is 5.82 Å². The van der Waals surface area contributed by atoms with E-state index in [9.17, 15) is 4.39 Å². The zero-order chi connectivity index (χ0) is 23.4. The fraction of sp³-hybridized carbons (Fsp3) is 0.292. The van der Waals surface area contributed by atoms with Gasteiger partial charge in [0, 0.05) is 36.0 Å². The number of rotatable bonds is 8. The van der Waals surface area contributed by atoms with Gasteiger partial charge in [-0.2, -0.15) is 4.98 Å². The molecular formula is C24H24ClFN4O2S. The zero-order valence-electron chi connectivity index (χ0n) is 18.3. The van der Waals surface area contributed by atoms with Crippen LogP contribution in [-0.2, 0) is 4.74 Å². The van der Waals surface area contributed by atoms with Crippen molar-refractivity contribution in [2.75, 3.05) is 19.8 Å². The Balaban J connectivity index is 1.74. The molecule has 9 heteroatoms. The maximum atomic E-state index is 13.3. The molecule has 1 aliphatic rings. The lowest BCUT2D eigenvalue weighted by Crippen LogP contribution is -2.46. The van der Waals surface area contributed by atoms with Crippen LogP contribution in [0.5, 0.6) is 0 Å². The minimum Gasteiger partial charge on any atom is -0.382 e. The molecule has 33 heavy (non-hydrogen) atoms. The second-order valence-corrected chi connectivity index (χ2v) is 8.39. The van der Waals surface area contributed by atoms with E-state index in [0.29, 0.717) is 47.2 Å². The van der Waals surface area contributed by atoms with Gasteiger partial charge >= 0.3 is 0 Å². The van der Waals surface area contributed by atoms with Gasteiger partial charge in [-0.1, -0.05) is 28.9 Å². The number of aromatic nitrogens is 2. The standard InChI is InChI=1S/C24H24ClFN4O2S/c1-3-31-13-5-12-30-15(2)20(21(27-24(30)33)17-6-4-7-18(25)14-17)23-28-22(29-32-23)16-8-10-19(26)11-9-16/h4,6-11,14,21H,3,5,12-13H2,1-2H3,(H,27,33). The summed E-state index contributed by atoms with van der Waals surface area (Å²) in [5.74, 6) is 0.419. The van der Waals surface area contributed by atoms with Gasteiger partial charge < -0.3 is 19.5 Å². The summed E-state index contributed by atoms with van der Waals surface area (Å²) in [6.07, 6.45) is 0.812. The summed E-state index contributed by atoms with van der Waals surface area (Å²) in [6.45, 7) is 5.96. The van der Waals surface area contributed by atoms with Gasteiger partial charge in [0.25, 0.3) is 5.89 Å². The van der Waals surface area contributed by atoms with Crippen molar-refractivity contribution in [2.45, 2.75) is 26.3 Å². The summed E-state index contributed by atoms with van der Waals surface area (Å²) < 4.78 is 24.5. The molecule has 1 aliphatic heterocycles. The molecule has 2 aromatic carbocycles. The van der Waals surface area contributed by atoms with Crippen molar-refractivity contribution < 1.29 is 13.7 Å². The maximum absolute atomic E-state index is 13.3. The van der Waals surface area contributed by atoms with Crippen molar-refractivity contribution in [3.63, 3.8) is 0 Å². The van der Waals surface area contributed by atoms with Crippen LogP contribution in [-0.4, -0.2) is 39.9 Å². The van der Waals surface area contributed by atoms with E-state index in [0.717, 1.165) is 23.3 Å². The number of nitrogens with one attached hydrogen (secondary N) is 1. The van der Waals surface area contributed by atoms with Crippen LogP contribution < -0.4 is 5.32 Å². The van der Waals surface area contributed by atoms with Crippen molar-refractivity contribution in [3.05, 3.63) is 76.5 Å². The second kappa shape index (κ2) is 10.4. The Morgan fingerprint density at radius 2 is 2.03 bits per heavy atom. The largest absolute Gasteiger partial charge is 0.382 e. The average Bonchev–Trinajstić information content (AvgIpc) is 3.28. The maximum Gasteiger partial charge on any atom is 0.258 e. The first-order valence-electron chi connectivity index (χ1n) is 10.7. The summed E-state index contributed by atoms with van der Waals surface area (Å²) in [4.78, 5) is 6.65. The van der Waals surface area contributed by atoms with Crippen LogP contribution in [0.1, 0.15) is 37.8 Å². The highest BCUT2D eigenvalue weighted by Gasteiger charge is 2.34. The Labute approximate surface area is 202 Å². The number of benzene rings is 2. The molecule has 0 saturated heterocycles. The second-order valence-electron chi connectivity index (χ2n) is 7.57. The fourth-order valence-electron chi connectivity index (χ4n) is 3.78. The molecule has 1 unspecified atom stereocenters. The molecule has 3 aromatic rings. The monoisotopic (exact) mass is 486 g/mol. The molecule has 6 nitrogen and oxygen atoms in total. The third-order valence-corrected chi connectivity index (χ3v) is 5.99. The third kappa shape index (κ3) is 5.24. The first kappa shape index (κ1) is 23.4. The number of nitrogens with zero attached hydrogens (tertiary/aromatic N) is 3. The van der Waals surface area contributed by atoms with Crippen LogP contribution in [0.25, 0.3) is 17.0 Å². The average molecular weight is 487 g/mol. The number of ether oxygens (including phenoxy) is 1. The molecule has 0 spiro atoms. The Morgan fingerprint density at radius 3 is 2.76 bits per heavy atom. The molecule has 0 radical (unpaired) electrons. The lowest BCUT2D eigenvalue weighted by atomic mass is 9.94. The molecule has 2 heterocycles. The summed E-state index contributed by atoms with van der Waals surface area (Å²) in [6, 6.07) is 13.2. The van der Waals surface area contributed by atoms with Gasteiger partial charge in [0.2, 0.25) is 5.82 Å². The Morgan fingerprint density at radius 1 is 1.24 bits per heavy atom. The Kier molecular flexibility index (Phi) is 7.37. The number of allylic oxidation sites excluding steroid dienone is 1. The smallest absolute Gasteiger partial charge is 0.258 e. The highest BCUT2D eigenvalue weighted by atomic mass is 35.5. The molecule has 1 atom stereocenters. The minimum absolute atomic E-state index is 0.319. The minimum atomic E-state index is -0.324. The van der Waals surface area contributed by atoms with Crippen LogP contribution in [0.4, 0.5) is 4.39 Å². The van der Waals surface area contributed by atoms with E-state index in [2.05, 4.69) is 15.5 Å². The number of halogens is 2. The Bertz CT molecular complexity index is 1170. The van der Waals surface area contributed by atoms with E-state index in [4.69, 9.17) is 33.1 Å². The van der Waals surface area contributed by atoms with Gasteiger partial charge in [0.15, 0.2) is 5.11 Å². The van der Waals surface area contributed by atoms with Crippen LogP contribution in [0.2, 0.25) is 5.02 Å². The van der Waals surface area contributed by atoms with Crippen molar-refractivity contribution in [1.82, 2.24) is 20.4 Å². The van der Waals surface area contributed by atoms with E-state index in [1.165, 1.54) is 12.1 Å². The molecule has 0 aliphatic carbocycles. The van der Waals surface area contributed by atoms with Crippen molar-refractivity contribution >= 4 is 34.5 Å². The van der Waals surface area contributed by atoms with Gasteiger partial charge in [-0.3, -0.25) is 0 Å². The topological polar surface area (TPSA) is 63.4 Å². The summed E-state index contributed by atoms with van der Waals surface area (Å²) in [5.41, 5.74) is 3.31. The first-order chi connectivity index (χ1) is 16.0. The lowest BCUT2D eigenvalue weighted by molar-refractivity contribution is 0.141. The van der Waals surface area contributed by atoms with E-state index < -0.39 is 0 Å². The van der Waals surface area contributed by atoms with Crippen molar-refractivity contribution in [2.24, 2.45) is 0 Å². The van der Waals surface area contributed by atoms with E-state index in [1.807, 2.05) is 43.0 Å². The lowest BCUT2D eigenvalue weighted by Gasteiger charge is -2.37. The molecule has 0 fully saturated rings. The van der Waals surface area contributed by atoms with Gasteiger partial charge in [-0.25, -0.2) is 4.39 Å². The Hall–Kier alpha value is -2.81.